The fraction of sp³-hybridized carbons (Fsp3) is 0.440. The molecule has 1 fully saturated rings. The predicted molar refractivity (Wildman–Crippen MR) is 127 cm³/mol. The van der Waals surface area contributed by atoms with Crippen molar-refractivity contribution in [2.75, 3.05) is 53.7 Å². The molecule has 3 aromatic rings. The van der Waals surface area contributed by atoms with Crippen molar-refractivity contribution >= 4 is 16.8 Å². The summed E-state index contributed by atoms with van der Waals surface area (Å²) in [6.45, 7) is 5.22. The molecule has 0 bridgehead atoms. The van der Waals surface area contributed by atoms with E-state index >= 15 is 0 Å². The van der Waals surface area contributed by atoms with Crippen molar-refractivity contribution in [2.24, 2.45) is 0 Å². The molecule has 0 radical (unpaired) electrons. The molecule has 1 amide bonds. The maximum Gasteiger partial charge on any atom is 0.272 e. The summed E-state index contributed by atoms with van der Waals surface area (Å²) in [5.41, 5.74) is 2.38. The molecule has 4 rings (SSSR count). The summed E-state index contributed by atoms with van der Waals surface area (Å²) in [7, 11) is 3.28. The smallest absolute Gasteiger partial charge is 0.272 e. The minimum atomic E-state index is -0.212. The van der Waals surface area contributed by atoms with E-state index in [-0.39, 0.29) is 11.9 Å². The van der Waals surface area contributed by atoms with Gasteiger partial charge < -0.3 is 19.5 Å². The molecule has 0 spiro atoms. The number of amides is 1. The standard InChI is InChI=1S/C25H32N4O4/c1-31-18-20(17-19-7-4-3-5-8-19)26-25(30)23-21-9-6-10-22(32-2)24(21)29(27-23)12-11-28-13-15-33-16-14-28/h3-10,20H,11-18H2,1-2H3,(H,26,30). The summed E-state index contributed by atoms with van der Waals surface area (Å²) < 4.78 is 18.3. The molecule has 8 nitrogen and oxygen atoms in total. The van der Waals surface area contributed by atoms with Gasteiger partial charge in [-0.2, -0.15) is 5.10 Å². The van der Waals surface area contributed by atoms with Crippen LogP contribution in [0, 0.1) is 0 Å². The lowest BCUT2D eigenvalue weighted by molar-refractivity contribution is 0.0361. The Morgan fingerprint density at radius 1 is 1.09 bits per heavy atom. The molecule has 0 saturated carbocycles. The number of morpholine rings is 1. The normalized spacial score (nSPS) is 15.5. The lowest BCUT2D eigenvalue weighted by Crippen LogP contribution is -2.40. The van der Waals surface area contributed by atoms with Crippen molar-refractivity contribution in [2.45, 2.75) is 19.0 Å². The lowest BCUT2D eigenvalue weighted by atomic mass is 10.1. The Hall–Kier alpha value is -2.94. The highest BCUT2D eigenvalue weighted by Gasteiger charge is 2.23. The van der Waals surface area contributed by atoms with Gasteiger partial charge in [0.2, 0.25) is 0 Å². The average Bonchev–Trinajstić information content (AvgIpc) is 3.23. The molecular formula is C25H32N4O4. The first-order chi connectivity index (χ1) is 16.2. The first-order valence-electron chi connectivity index (χ1n) is 11.4. The number of nitrogens with zero attached hydrogens (tertiary/aromatic N) is 3. The Kier molecular flexibility index (Phi) is 7.93. The van der Waals surface area contributed by atoms with Crippen LogP contribution in [0.3, 0.4) is 0 Å². The van der Waals surface area contributed by atoms with Gasteiger partial charge in [0.05, 0.1) is 39.5 Å². The number of aromatic nitrogens is 2. The van der Waals surface area contributed by atoms with E-state index in [1.54, 1.807) is 14.2 Å². The summed E-state index contributed by atoms with van der Waals surface area (Å²) in [6, 6.07) is 15.6. The molecule has 1 unspecified atom stereocenters. The Balaban J connectivity index is 1.57. The van der Waals surface area contributed by atoms with Crippen LogP contribution in [0.4, 0.5) is 0 Å². The van der Waals surface area contributed by atoms with Crippen molar-refractivity contribution < 1.29 is 19.0 Å². The number of ether oxygens (including phenoxy) is 3. The summed E-state index contributed by atoms with van der Waals surface area (Å²) in [5, 5.41) is 8.63. The van der Waals surface area contributed by atoms with Gasteiger partial charge in [-0.1, -0.05) is 42.5 Å². The molecule has 1 saturated heterocycles. The Bertz CT molecular complexity index is 1050. The number of methoxy groups -OCH3 is 2. The van der Waals surface area contributed by atoms with Gasteiger partial charge >= 0.3 is 0 Å². The highest BCUT2D eigenvalue weighted by Crippen LogP contribution is 2.28. The molecule has 176 valence electrons. The Morgan fingerprint density at radius 3 is 2.61 bits per heavy atom. The number of rotatable bonds is 10. The van der Waals surface area contributed by atoms with Crippen LogP contribution in [0.1, 0.15) is 16.1 Å². The molecule has 0 aliphatic carbocycles. The highest BCUT2D eigenvalue weighted by molar-refractivity contribution is 6.06. The number of carbonyl (C=O) groups excluding carboxylic acids is 1. The summed E-state index contributed by atoms with van der Waals surface area (Å²) in [6.07, 6.45) is 0.680. The van der Waals surface area contributed by atoms with E-state index in [2.05, 4.69) is 22.3 Å². The molecule has 1 atom stereocenters. The molecular weight excluding hydrogens is 420 g/mol. The topological polar surface area (TPSA) is 77.9 Å². The van der Waals surface area contributed by atoms with Gasteiger partial charge in [0, 0.05) is 32.1 Å². The highest BCUT2D eigenvalue weighted by atomic mass is 16.5. The Labute approximate surface area is 194 Å². The van der Waals surface area contributed by atoms with Crippen LogP contribution >= 0.6 is 0 Å². The van der Waals surface area contributed by atoms with Crippen LogP contribution in [-0.4, -0.2) is 80.3 Å². The molecule has 8 heteroatoms. The number of nitrogens with one attached hydrogen (secondary N) is 1. The minimum Gasteiger partial charge on any atom is -0.494 e. The van der Waals surface area contributed by atoms with E-state index in [0.717, 1.165) is 49.3 Å². The number of para-hydroxylation sites is 1. The SMILES string of the molecule is COCC(Cc1ccccc1)NC(=O)c1nn(CCN2CCOCC2)c2c(OC)cccc12. The zero-order valence-electron chi connectivity index (χ0n) is 19.3. The van der Waals surface area contributed by atoms with Crippen LogP contribution < -0.4 is 10.1 Å². The van der Waals surface area contributed by atoms with Crippen molar-refractivity contribution in [3.63, 3.8) is 0 Å². The van der Waals surface area contributed by atoms with Gasteiger partial charge in [-0.15, -0.1) is 0 Å². The lowest BCUT2D eigenvalue weighted by Gasteiger charge is -2.26. The van der Waals surface area contributed by atoms with E-state index in [1.165, 1.54) is 0 Å². The fourth-order valence-corrected chi connectivity index (χ4v) is 4.26. The summed E-state index contributed by atoms with van der Waals surface area (Å²) in [5.74, 6) is 0.495. The van der Waals surface area contributed by atoms with Crippen LogP contribution in [0.25, 0.3) is 10.9 Å². The van der Waals surface area contributed by atoms with E-state index < -0.39 is 0 Å². The zero-order valence-corrected chi connectivity index (χ0v) is 19.3. The number of hydrogen-bond donors (Lipinski definition) is 1. The first kappa shape index (κ1) is 23.2. The fourth-order valence-electron chi connectivity index (χ4n) is 4.26. The minimum absolute atomic E-state index is 0.163. The monoisotopic (exact) mass is 452 g/mol. The second-order valence-corrected chi connectivity index (χ2v) is 8.20. The molecule has 1 aliphatic rings. The molecule has 2 aromatic carbocycles. The van der Waals surface area contributed by atoms with Gasteiger partial charge in [0.25, 0.3) is 5.91 Å². The molecule has 33 heavy (non-hydrogen) atoms. The molecule has 1 aliphatic heterocycles. The van der Waals surface area contributed by atoms with Gasteiger partial charge in [0.15, 0.2) is 5.69 Å². The van der Waals surface area contributed by atoms with E-state index in [9.17, 15) is 4.79 Å². The second-order valence-electron chi connectivity index (χ2n) is 8.20. The third-order valence-corrected chi connectivity index (χ3v) is 5.93. The number of benzene rings is 2. The predicted octanol–water partition coefficient (Wildman–Crippen LogP) is 2.36. The number of hydrogen-bond acceptors (Lipinski definition) is 6. The van der Waals surface area contributed by atoms with E-state index in [0.29, 0.717) is 31.0 Å². The molecule has 2 heterocycles. The van der Waals surface area contributed by atoms with Gasteiger partial charge in [-0.25, -0.2) is 0 Å². The largest absolute Gasteiger partial charge is 0.494 e. The van der Waals surface area contributed by atoms with Gasteiger partial charge in [-0.3, -0.25) is 14.4 Å². The molecule has 1 aromatic heterocycles. The van der Waals surface area contributed by atoms with Crippen molar-refractivity contribution in [3.05, 3.63) is 59.8 Å². The first-order valence-corrected chi connectivity index (χ1v) is 11.4. The van der Waals surface area contributed by atoms with Crippen LogP contribution in [0.15, 0.2) is 48.5 Å². The maximum atomic E-state index is 13.3. The Morgan fingerprint density at radius 2 is 1.88 bits per heavy atom. The van der Waals surface area contributed by atoms with Crippen molar-refractivity contribution in [1.82, 2.24) is 20.0 Å². The van der Waals surface area contributed by atoms with E-state index in [1.807, 2.05) is 41.1 Å². The summed E-state index contributed by atoms with van der Waals surface area (Å²) in [4.78, 5) is 15.7. The van der Waals surface area contributed by atoms with Crippen LogP contribution in [0.2, 0.25) is 0 Å². The van der Waals surface area contributed by atoms with Crippen molar-refractivity contribution in [1.29, 1.82) is 0 Å². The number of fused-ring (bicyclic) bond motifs is 1. The van der Waals surface area contributed by atoms with Gasteiger partial charge in [0.1, 0.15) is 11.3 Å². The summed E-state index contributed by atoms with van der Waals surface area (Å²) >= 11 is 0. The average molecular weight is 453 g/mol. The third-order valence-electron chi connectivity index (χ3n) is 5.93. The molecule has 1 N–H and O–H groups in total. The number of carbonyl (C=O) groups is 1. The van der Waals surface area contributed by atoms with Crippen LogP contribution in [0.5, 0.6) is 5.75 Å². The zero-order chi connectivity index (χ0) is 23.0. The second kappa shape index (κ2) is 11.3. The third kappa shape index (κ3) is 5.71. The van der Waals surface area contributed by atoms with Crippen molar-refractivity contribution in [3.8, 4) is 5.75 Å². The van der Waals surface area contributed by atoms with E-state index in [4.69, 9.17) is 19.3 Å². The maximum absolute atomic E-state index is 13.3. The van der Waals surface area contributed by atoms with Crippen LogP contribution in [-0.2, 0) is 22.4 Å². The quantitative estimate of drug-likeness (QED) is 0.509. The van der Waals surface area contributed by atoms with Gasteiger partial charge in [-0.05, 0) is 18.1 Å².